The summed E-state index contributed by atoms with van der Waals surface area (Å²) in [5, 5.41) is 9.60. The van der Waals surface area contributed by atoms with E-state index < -0.39 is 11.0 Å². The van der Waals surface area contributed by atoms with Gasteiger partial charge in [-0.05, 0) is 6.92 Å². The number of hydrogen-bond acceptors (Lipinski definition) is 3. The Labute approximate surface area is 83.9 Å². The third-order valence-electron chi connectivity index (χ3n) is 2.36. The quantitative estimate of drug-likeness (QED) is 0.606. The van der Waals surface area contributed by atoms with E-state index in [1.54, 1.807) is 20.8 Å². The molecule has 4 nitrogen and oxygen atoms in total. The van der Waals surface area contributed by atoms with Crippen molar-refractivity contribution < 1.29 is 14.7 Å². The third kappa shape index (κ3) is 1.95. The van der Waals surface area contributed by atoms with Crippen LogP contribution in [0.1, 0.15) is 27.7 Å². The molecular formula is C10H17NO3. The normalized spacial score (nSPS) is 28.4. The first-order valence-corrected chi connectivity index (χ1v) is 4.70. The van der Waals surface area contributed by atoms with Gasteiger partial charge in [-0.15, -0.1) is 0 Å². The molecular weight excluding hydrogens is 182 g/mol. The first-order valence-electron chi connectivity index (χ1n) is 4.70. The molecule has 4 heteroatoms. The summed E-state index contributed by atoms with van der Waals surface area (Å²) in [5.41, 5.74) is -1.86. The molecule has 1 heterocycles. The lowest BCUT2D eigenvalue weighted by Gasteiger charge is -2.25. The molecule has 0 aromatic heterocycles. The zero-order valence-electron chi connectivity index (χ0n) is 9.13. The summed E-state index contributed by atoms with van der Waals surface area (Å²) in [4.78, 5) is 24.5. The number of rotatable bonds is 0. The molecule has 0 saturated carbocycles. The van der Waals surface area contributed by atoms with Crippen LogP contribution in [0.25, 0.3) is 0 Å². The van der Waals surface area contributed by atoms with Crippen LogP contribution in [0, 0.1) is 5.41 Å². The Morgan fingerprint density at radius 1 is 1.50 bits per heavy atom. The Balaban J connectivity index is 2.77. The van der Waals surface area contributed by atoms with Crippen molar-refractivity contribution in [2.75, 3.05) is 13.1 Å². The largest absolute Gasteiger partial charge is 0.380 e. The summed E-state index contributed by atoms with van der Waals surface area (Å²) < 4.78 is 0. The van der Waals surface area contributed by atoms with Crippen LogP contribution in [0.15, 0.2) is 0 Å². The van der Waals surface area contributed by atoms with Gasteiger partial charge in [0.25, 0.3) is 0 Å². The highest BCUT2D eigenvalue weighted by Gasteiger charge is 2.44. The molecule has 0 aromatic carbocycles. The van der Waals surface area contributed by atoms with Gasteiger partial charge in [0.15, 0.2) is 5.78 Å². The van der Waals surface area contributed by atoms with E-state index in [1.807, 2.05) is 0 Å². The summed E-state index contributed by atoms with van der Waals surface area (Å²) in [7, 11) is 0. The Kier molecular flexibility index (Phi) is 2.44. The average molecular weight is 199 g/mol. The molecule has 0 aromatic rings. The van der Waals surface area contributed by atoms with Crippen molar-refractivity contribution in [1.29, 1.82) is 0 Å². The number of nitrogens with zero attached hydrogens (tertiary/aromatic N) is 1. The van der Waals surface area contributed by atoms with E-state index in [2.05, 4.69) is 0 Å². The fourth-order valence-corrected chi connectivity index (χ4v) is 1.48. The molecule has 0 aliphatic carbocycles. The van der Waals surface area contributed by atoms with E-state index in [4.69, 9.17) is 0 Å². The topological polar surface area (TPSA) is 57.6 Å². The molecule has 1 aliphatic rings. The van der Waals surface area contributed by atoms with Gasteiger partial charge in [-0.25, -0.2) is 0 Å². The number of carbonyl (C=O) groups is 2. The molecule has 1 aliphatic heterocycles. The van der Waals surface area contributed by atoms with Crippen LogP contribution >= 0.6 is 0 Å². The standard InChI is InChI=1S/C10H17NO3/c1-9(2,3)8(13)11-5-7(12)10(4,14)6-11/h14H,5-6H2,1-4H3/t10-/m0/s1. The second kappa shape index (κ2) is 3.05. The lowest BCUT2D eigenvalue weighted by molar-refractivity contribution is -0.139. The Hall–Kier alpha value is -0.900. The summed E-state index contributed by atoms with van der Waals surface area (Å²) in [6.07, 6.45) is 0. The van der Waals surface area contributed by atoms with Gasteiger partial charge in [-0.1, -0.05) is 20.8 Å². The van der Waals surface area contributed by atoms with E-state index in [1.165, 1.54) is 11.8 Å². The Morgan fingerprint density at radius 2 is 2.00 bits per heavy atom. The lowest BCUT2D eigenvalue weighted by atomic mass is 9.95. The second-order valence-corrected chi connectivity index (χ2v) is 5.11. The number of ketones is 1. The third-order valence-corrected chi connectivity index (χ3v) is 2.36. The van der Waals surface area contributed by atoms with Crippen molar-refractivity contribution >= 4 is 11.7 Å². The maximum absolute atomic E-state index is 11.8. The molecule has 1 N–H and O–H groups in total. The van der Waals surface area contributed by atoms with E-state index >= 15 is 0 Å². The number of carbonyl (C=O) groups excluding carboxylic acids is 2. The van der Waals surface area contributed by atoms with Crippen molar-refractivity contribution in [2.45, 2.75) is 33.3 Å². The van der Waals surface area contributed by atoms with Gasteiger partial charge >= 0.3 is 0 Å². The van der Waals surface area contributed by atoms with Crippen molar-refractivity contribution in [3.8, 4) is 0 Å². The van der Waals surface area contributed by atoms with E-state index in [9.17, 15) is 14.7 Å². The molecule has 0 spiro atoms. The maximum Gasteiger partial charge on any atom is 0.228 e. The summed E-state index contributed by atoms with van der Waals surface area (Å²) in [6, 6.07) is 0. The number of β-amino-alcohol motifs (C(OH)–C–C–N with tert-alkyl or cyclic N) is 1. The van der Waals surface area contributed by atoms with Crippen LogP contribution in [-0.2, 0) is 9.59 Å². The number of hydrogen-bond donors (Lipinski definition) is 1. The minimum absolute atomic E-state index is 0.0309. The fraction of sp³-hybridized carbons (Fsp3) is 0.800. The first-order chi connectivity index (χ1) is 6.14. The highest BCUT2D eigenvalue weighted by molar-refractivity contribution is 5.96. The zero-order valence-corrected chi connectivity index (χ0v) is 9.13. The molecule has 1 saturated heterocycles. The Morgan fingerprint density at radius 3 is 2.29 bits per heavy atom. The highest BCUT2D eigenvalue weighted by atomic mass is 16.3. The predicted molar refractivity (Wildman–Crippen MR) is 51.7 cm³/mol. The van der Waals surface area contributed by atoms with E-state index in [0.29, 0.717) is 0 Å². The van der Waals surface area contributed by atoms with Crippen LogP contribution in [-0.4, -0.2) is 40.4 Å². The maximum atomic E-state index is 11.8. The Bertz CT molecular complexity index is 276. The van der Waals surface area contributed by atoms with Gasteiger partial charge in [-0.3, -0.25) is 9.59 Å². The first kappa shape index (κ1) is 11.2. The summed E-state index contributed by atoms with van der Waals surface area (Å²) in [5.74, 6) is -0.376. The van der Waals surface area contributed by atoms with Crippen molar-refractivity contribution in [3.63, 3.8) is 0 Å². The molecule has 1 atom stereocenters. The monoisotopic (exact) mass is 199 g/mol. The minimum Gasteiger partial charge on any atom is -0.380 e. The van der Waals surface area contributed by atoms with E-state index in [-0.39, 0.29) is 24.8 Å². The molecule has 1 amide bonds. The molecule has 0 bridgehead atoms. The van der Waals surface area contributed by atoms with E-state index in [0.717, 1.165) is 0 Å². The minimum atomic E-state index is -1.36. The van der Waals surface area contributed by atoms with Gasteiger partial charge < -0.3 is 10.0 Å². The second-order valence-electron chi connectivity index (χ2n) is 5.11. The van der Waals surface area contributed by atoms with Crippen LogP contribution in [0.4, 0.5) is 0 Å². The zero-order chi connectivity index (χ0) is 11.1. The van der Waals surface area contributed by atoms with Gasteiger partial charge in [0.05, 0.1) is 13.1 Å². The van der Waals surface area contributed by atoms with Crippen molar-refractivity contribution in [3.05, 3.63) is 0 Å². The predicted octanol–water partition coefficient (Wildman–Crippen LogP) is 0.195. The molecule has 1 rings (SSSR count). The number of Topliss-reactive ketones (excluding diaryl/α,β-unsaturated/α-hetero) is 1. The number of aliphatic hydroxyl groups is 1. The summed E-state index contributed by atoms with van der Waals surface area (Å²) >= 11 is 0. The molecule has 14 heavy (non-hydrogen) atoms. The molecule has 1 fully saturated rings. The van der Waals surface area contributed by atoms with Gasteiger partial charge in [-0.2, -0.15) is 0 Å². The number of likely N-dealkylation sites (tertiary alicyclic amines) is 1. The van der Waals surface area contributed by atoms with Crippen LogP contribution in [0.5, 0.6) is 0 Å². The summed E-state index contributed by atoms with van der Waals surface area (Å²) in [6.45, 7) is 6.99. The molecule has 80 valence electrons. The number of amides is 1. The van der Waals surface area contributed by atoms with Gasteiger partial charge in [0.2, 0.25) is 5.91 Å². The smallest absolute Gasteiger partial charge is 0.228 e. The van der Waals surface area contributed by atoms with Crippen molar-refractivity contribution in [1.82, 2.24) is 4.90 Å². The SMILES string of the molecule is CC(C)(C)C(=O)N1CC(=O)[C@@](C)(O)C1. The van der Waals surface area contributed by atoms with Crippen LogP contribution in [0.3, 0.4) is 0 Å². The van der Waals surface area contributed by atoms with Gasteiger partial charge in [0.1, 0.15) is 5.60 Å². The van der Waals surface area contributed by atoms with Crippen molar-refractivity contribution in [2.24, 2.45) is 5.41 Å². The average Bonchev–Trinajstić information content (AvgIpc) is 2.23. The molecule has 0 unspecified atom stereocenters. The molecule has 0 radical (unpaired) electrons. The van der Waals surface area contributed by atoms with Crippen LogP contribution < -0.4 is 0 Å². The highest BCUT2D eigenvalue weighted by Crippen LogP contribution is 2.23. The lowest BCUT2D eigenvalue weighted by Crippen LogP contribution is -2.40. The van der Waals surface area contributed by atoms with Crippen LogP contribution in [0.2, 0.25) is 0 Å². The van der Waals surface area contributed by atoms with Gasteiger partial charge in [0, 0.05) is 5.41 Å². The fourth-order valence-electron chi connectivity index (χ4n) is 1.48.